The molecule has 2 amide bonds. The van der Waals surface area contributed by atoms with Crippen molar-refractivity contribution in [2.75, 3.05) is 9.80 Å². The number of nitrogens with zero attached hydrogens (tertiary/aromatic N) is 3. The van der Waals surface area contributed by atoms with E-state index in [0.29, 0.717) is 29.1 Å². The zero-order chi connectivity index (χ0) is 30.0. The summed E-state index contributed by atoms with van der Waals surface area (Å²) in [4.78, 5) is 40.1. The molecule has 0 saturated carbocycles. The van der Waals surface area contributed by atoms with Crippen molar-refractivity contribution >= 4 is 52.3 Å². The molecule has 1 fully saturated rings. The second-order valence-electron chi connectivity index (χ2n) is 8.90. The van der Waals surface area contributed by atoms with Crippen LogP contribution in [0.4, 0.5) is 30.2 Å². The first-order valence-electron chi connectivity index (χ1n) is 12.2. The quantitative estimate of drug-likeness (QED) is 0.0780. The molecule has 0 atom stereocenters. The average Bonchev–Trinajstić information content (AvgIpc) is 2.97. The van der Waals surface area contributed by atoms with Gasteiger partial charge in [0.15, 0.2) is 5.11 Å². The smallest absolute Gasteiger partial charge is 0.416 e. The molecule has 8 nitrogen and oxygen atoms in total. The lowest BCUT2D eigenvalue weighted by Crippen LogP contribution is -2.56. The van der Waals surface area contributed by atoms with Gasteiger partial charge in [0.1, 0.15) is 11.3 Å². The third-order valence-electron chi connectivity index (χ3n) is 6.18. The molecular weight excluding hydrogens is 571 g/mol. The van der Waals surface area contributed by atoms with E-state index >= 15 is 0 Å². The van der Waals surface area contributed by atoms with Crippen LogP contribution in [0.2, 0.25) is 0 Å². The molecule has 0 unspecified atom stereocenters. The Hall–Kier alpha value is -5.36. The molecule has 210 valence electrons. The van der Waals surface area contributed by atoms with Crippen molar-refractivity contribution in [3.05, 3.63) is 130 Å². The zero-order valence-corrected chi connectivity index (χ0v) is 22.1. The SMILES string of the molecule is O=C1C(=Cc2ccc(Oc3ccc(C(F)(F)F)cc3[N+](=O)[O-])cc2)C(=O)N(c2ccccc2)C(=S)N1c1ccccc1. The number of halogens is 3. The van der Waals surface area contributed by atoms with Crippen LogP contribution < -0.4 is 14.5 Å². The number of carbonyl (C=O) groups excluding carboxylic acids is 2. The molecule has 0 aliphatic carbocycles. The lowest BCUT2D eigenvalue weighted by molar-refractivity contribution is -0.385. The van der Waals surface area contributed by atoms with Gasteiger partial charge < -0.3 is 4.74 Å². The molecule has 1 aliphatic rings. The molecule has 0 spiro atoms. The maximum absolute atomic E-state index is 13.6. The Morgan fingerprint density at radius 2 is 1.31 bits per heavy atom. The van der Waals surface area contributed by atoms with Crippen LogP contribution in [0.3, 0.4) is 0 Å². The van der Waals surface area contributed by atoms with Crippen LogP contribution in [0.25, 0.3) is 6.08 Å². The van der Waals surface area contributed by atoms with Crippen LogP contribution in [0, 0.1) is 10.1 Å². The zero-order valence-electron chi connectivity index (χ0n) is 21.3. The fourth-order valence-corrected chi connectivity index (χ4v) is 4.56. The van der Waals surface area contributed by atoms with Gasteiger partial charge in [0.05, 0.1) is 21.9 Å². The second-order valence-corrected chi connectivity index (χ2v) is 9.27. The first-order valence-corrected chi connectivity index (χ1v) is 12.6. The summed E-state index contributed by atoms with van der Waals surface area (Å²) in [7, 11) is 0. The number of nitro groups is 1. The van der Waals surface area contributed by atoms with Gasteiger partial charge in [-0.3, -0.25) is 29.5 Å². The van der Waals surface area contributed by atoms with E-state index in [9.17, 15) is 32.9 Å². The Morgan fingerprint density at radius 3 is 1.79 bits per heavy atom. The van der Waals surface area contributed by atoms with Crippen LogP contribution in [0.15, 0.2) is 109 Å². The van der Waals surface area contributed by atoms with Gasteiger partial charge in [0.2, 0.25) is 5.75 Å². The van der Waals surface area contributed by atoms with Crippen molar-refractivity contribution in [2.24, 2.45) is 0 Å². The van der Waals surface area contributed by atoms with Gasteiger partial charge in [-0.15, -0.1) is 0 Å². The molecule has 42 heavy (non-hydrogen) atoms. The molecule has 12 heteroatoms. The number of amides is 2. The van der Waals surface area contributed by atoms with Crippen molar-refractivity contribution in [1.82, 2.24) is 0 Å². The first-order chi connectivity index (χ1) is 20.0. The summed E-state index contributed by atoms with van der Waals surface area (Å²) in [5.41, 5.74) is -0.869. The summed E-state index contributed by atoms with van der Waals surface area (Å²) in [5, 5.41) is 11.4. The number of rotatable bonds is 6. The largest absolute Gasteiger partial charge is 0.450 e. The number of thiocarbonyl (C=S) groups is 1. The molecule has 0 N–H and O–H groups in total. The third-order valence-corrected chi connectivity index (χ3v) is 6.55. The van der Waals surface area contributed by atoms with E-state index in [1.807, 2.05) is 0 Å². The van der Waals surface area contributed by atoms with E-state index in [4.69, 9.17) is 17.0 Å². The predicted molar refractivity (Wildman–Crippen MR) is 153 cm³/mol. The second kappa shape index (κ2) is 11.3. The minimum atomic E-state index is -4.76. The Labute approximate surface area is 242 Å². The summed E-state index contributed by atoms with van der Waals surface area (Å²) in [6.45, 7) is 0. The highest BCUT2D eigenvalue weighted by Gasteiger charge is 2.41. The number of nitro benzene ring substituents is 1. The monoisotopic (exact) mass is 589 g/mol. The van der Waals surface area contributed by atoms with Crippen LogP contribution in [0.5, 0.6) is 11.5 Å². The van der Waals surface area contributed by atoms with E-state index in [-0.39, 0.29) is 22.2 Å². The predicted octanol–water partition coefficient (Wildman–Crippen LogP) is 7.15. The Kier molecular flexibility index (Phi) is 7.55. The molecule has 1 heterocycles. The normalized spacial score (nSPS) is 13.8. The molecule has 5 rings (SSSR count). The van der Waals surface area contributed by atoms with Gasteiger partial charge in [0.25, 0.3) is 11.8 Å². The summed E-state index contributed by atoms with van der Waals surface area (Å²) >= 11 is 5.58. The Balaban J connectivity index is 1.48. The molecule has 4 aromatic carbocycles. The Bertz CT molecular complexity index is 1660. The third kappa shape index (κ3) is 5.60. The van der Waals surface area contributed by atoms with Crippen LogP contribution in [-0.2, 0) is 15.8 Å². The van der Waals surface area contributed by atoms with Crippen LogP contribution in [0.1, 0.15) is 11.1 Å². The fourth-order valence-electron chi connectivity index (χ4n) is 4.19. The van der Waals surface area contributed by atoms with Gasteiger partial charge in [0, 0.05) is 6.07 Å². The van der Waals surface area contributed by atoms with Crippen molar-refractivity contribution in [1.29, 1.82) is 0 Å². The molecule has 4 aromatic rings. The molecule has 0 bridgehead atoms. The van der Waals surface area contributed by atoms with Gasteiger partial charge in [-0.25, -0.2) is 0 Å². The van der Waals surface area contributed by atoms with E-state index in [0.717, 1.165) is 6.07 Å². The number of para-hydroxylation sites is 2. The lowest BCUT2D eigenvalue weighted by atomic mass is 10.0. The molecule has 0 aromatic heterocycles. The van der Waals surface area contributed by atoms with Crippen LogP contribution in [-0.4, -0.2) is 21.9 Å². The maximum Gasteiger partial charge on any atom is 0.416 e. The summed E-state index contributed by atoms with van der Waals surface area (Å²) in [6.07, 6.45) is -3.38. The van der Waals surface area contributed by atoms with Crippen molar-refractivity contribution in [3.8, 4) is 11.5 Å². The van der Waals surface area contributed by atoms with Crippen molar-refractivity contribution in [3.63, 3.8) is 0 Å². The number of hydrogen-bond donors (Lipinski definition) is 0. The van der Waals surface area contributed by atoms with E-state index in [1.165, 1.54) is 40.1 Å². The van der Waals surface area contributed by atoms with Crippen LogP contribution >= 0.6 is 12.2 Å². The number of anilines is 2. The van der Waals surface area contributed by atoms with Crippen molar-refractivity contribution < 1.29 is 32.4 Å². The fraction of sp³-hybridized carbons (Fsp3) is 0.0333. The van der Waals surface area contributed by atoms with Gasteiger partial charge in [-0.1, -0.05) is 48.5 Å². The van der Waals surface area contributed by atoms with E-state index < -0.39 is 34.2 Å². The maximum atomic E-state index is 13.6. The van der Waals surface area contributed by atoms with Gasteiger partial charge in [-0.2, -0.15) is 13.2 Å². The number of alkyl halides is 3. The van der Waals surface area contributed by atoms with Gasteiger partial charge >= 0.3 is 11.9 Å². The highest BCUT2D eigenvalue weighted by Crippen LogP contribution is 2.38. The Morgan fingerprint density at radius 1 is 0.786 bits per heavy atom. The lowest BCUT2D eigenvalue weighted by Gasteiger charge is -2.36. The number of benzene rings is 4. The average molecular weight is 590 g/mol. The molecule has 1 aliphatic heterocycles. The van der Waals surface area contributed by atoms with E-state index in [1.54, 1.807) is 60.7 Å². The number of hydrogen-bond acceptors (Lipinski definition) is 6. The summed E-state index contributed by atoms with van der Waals surface area (Å²) in [5.74, 6) is -1.57. The minimum Gasteiger partial charge on any atom is -0.450 e. The minimum absolute atomic E-state index is 0.0126. The molecule has 0 radical (unpaired) electrons. The molecular formula is C30H18F3N3O5S. The van der Waals surface area contributed by atoms with Crippen molar-refractivity contribution in [2.45, 2.75) is 6.18 Å². The van der Waals surface area contributed by atoms with Gasteiger partial charge in [-0.05, 0) is 72.4 Å². The first kappa shape index (κ1) is 28.2. The van der Waals surface area contributed by atoms with E-state index in [2.05, 4.69) is 0 Å². The number of carbonyl (C=O) groups is 2. The number of ether oxygens (including phenoxy) is 1. The topological polar surface area (TPSA) is 93.0 Å². The highest BCUT2D eigenvalue weighted by molar-refractivity contribution is 7.81. The standard InChI is InChI=1S/C30H18F3N3O5S/c31-30(32,33)20-13-16-26(25(18-20)36(39)40)41-23-14-11-19(12-15-23)17-24-27(37)34(21-7-3-1-4-8-21)29(42)35(28(24)38)22-9-5-2-6-10-22/h1-18H. The summed E-state index contributed by atoms with van der Waals surface area (Å²) in [6, 6.07) is 25.0. The highest BCUT2D eigenvalue weighted by atomic mass is 32.1. The molecule has 1 saturated heterocycles. The summed E-state index contributed by atoms with van der Waals surface area (Å²) < 4.78 is 44.5.